The molecule has 1 saturated heterocycles. The topological polar surface area (TPSA) is 32.3 Å². The zero-order valence-electron chi connectivity index (χ0n) is 12.0. The molecule has 1 aromatic rings. The molecule has 1 aliphatic rings. The lowest BCUT2D eigenvalue weighted by atomic mass is 10.0. The van der Waals surface area contributed by atoms with Crippen LogP contribution in [0, 0.1) is 11.7 Å². The number of hydrogen-bond donors (Lipinski definition) is 1. The van der Waals surface area contributed by atoms with Crippen molar-refractivity contribution in [3.8, 4) is 0 Å². The van der Waals surface area contributed by atoms with Crippen LogP contribution in [0.5, 0.6) is 0 Å². The number of rotatable bonds is 2. The van der Waals surface area contributed by atoms with Crippen LogP contribution in [0.15, 0.2) is 18.2 Å². The highest BCUT2D eigenvalue weighted by Gasteiger charge is 2.30. The summed E-state index contributed by atoms with van der Waals surface area (Å²) in [6, 6.07) is 4.87. The van der Waals surface area contributed by atoms with Gasteiger partial charge in [-0.25, -0.2) is 4.39 Å². The summed E-state index contributed by atoms with van der Waals surface area (Å²) in [5.41, 5.74) is 0.907. The number of benzene rings is 1. The number of halogens is 2. The number of hydrogen-bond acceptors (Lipinski definition) is 2. The van der Waals surface area contributed by atoms with Gasteiger partial charge in [0, 0.05) is 25.0 Å². The highest BCUT2D eigenvalue weighted by molar-refractivity contribution is 6.30. The average molecular weight is 299 g/mol. The van der Waals surface area contributed by atoms with E-state index in [1.54, 1.807) is 12.1 Å². The fourth-order valence-electron chi connectivity index (χ4n) is 2.46. The lowest BCUT2D eigenvalue weighted by Crippen LogP contribution is -2.54. The lowest BCUT2D eigenvalue weighted by molar-refractivity contribution is -0.138. The largest absolute Gasteiger partial charge is 0.337 e. The van der Waals surface area contributed by atoms with Gasteiger partial charge in [0.1, 0.15) is 5.82 Å². The number of amides is 1. The van der Waals surface area contributed by atoms with Crippen molar-refractivity contribution in [3.05, 3.63) is 34.6 Å². The van der Waals surface area contributed by atoms with Crippen LogP contribution in [0.25, 0.3) is 0 Å². The van der Waals surface area contributed by atoms with Crippen molar-refractivity contribution in [2.75, 3.05) is 13.1 Å². The van der Waals surface area contributed by atoms with Gasteiger partial charge in [-0.3, -0.25) is 4.79 Å². The minimum Gasteiger partial charge on any atom is -0.337 e. The van der Waals surface area contributed by atoms with Gasteiger partial charge in [0.2, 0.25) is 5.91 Å². The molecule has 0 aromatic heterocycles. The van der Waals surface area contributed by atoms with E-state index in [-0.39, 0.29) is 28.9 Å². The zero-order chi connectivity index (χ0) is 14.9. The first kappa shape index (κ1) is 15.3. The first-order valence-electron chi connectivity index (χ1n) is 6.89. The maximum atomic E-state index is 13.2. The molecule has 1 aromatic carbocycles. The third-order valence-electron chi connectivity index (χ3n) is 3.69. The molecule has 1 fully saturated rings. The Morgan fingerprint density at radius 1 is 1.50 bits per heavy atom. The summed E-state index contributed by atoms with van der Waals surface area (Å²) in [6.45, 7) is 7.14. The fourth-order valence-corrected chi connectivity index (χ4v) is 2.64. The Kier molecular flexibility index (Phi) is 4.66. The van der Waals surface area contributed by atoms with Crippen molar-refractivity contribution in [1.82, 2.24) is 10.2 Å². The van der Waals surface area contributed by atoms with Crippen molar-refractivity contribution in [2.45, 2.75) is 32.9 Å². The third-order valence-corrected chi connectivity index (χ3v) is 3.98. The minimum absolute atomic E-state index is 0.00741. The predicted octanol–water partition coefficient (Wildman–Crippen LogP) is 3.00. The van der Waals surface area contributed by atoms with Crippen molar-refractivity contribution >= 4 is 17.5 Å². The first-order chi connectivity index (χ1) is 9.40. The van der Waals surface area contributed by atoms with Crippen molar-refractivity contribution in [1.29, 1.82) is 0 Å². The fraction of sp³-hybridized carbons (Fsp3) is 0.533. The Labute approximate surface area is 124 Å². The van der Waals surface area contributed by atoms with Crippen LogP contribution in [0.1, 0.15) is 32.4 Å². The van der Waals surface area contributed by atoms with E-state index >= 15 is 0 Å². The molecule has 0 bridgehead atoms. The van der Waals surface area contributed by atoms with E-state index in [4.69, 9.17) is 11.6 Å². The summed E-state index contributed by atoms with van der Waals surface area (Å²) >= 11 is 5.83. The Bertz CT molecular complexity index is 507. The SMILES string of the molecule is CC(C)C(=O)N1C[C@H](c2ccc(F)c(Cl)c2)NC[C@H]1C. The second-order valence-electron chi connectivity index (χ2n) is 5.63. The maximum Gasteiger partial charge on any atom is 0.225 e. The standard InChI is InChI=1S/C15H20ClFN2O/c1-9(2)15(20)19-8-14(18-7-10(19)3)11-4-5-13(17)12(16)6-11/h4-6,9-10,14,18H,7-8H2,1-3H3/t10-,14-/m1/s1. The lowest BCUT2D eigenvalue weighted by Gasteiger charge is -2.40. The Balaban J connectivity index is 2.18. The van der Waals surface area contributed by atoms with Crippen LogP contribution < -0.4 is 5.32 Å². The van der Waals surface area contributed by atoms with Crippen LogP contribution in [-0.4, -0.2) is 29.9 Å². The van der Waals surface area contributed by atoms with Gasteiger partial charge in [0.25, 0.3) is 0 Å². The average Bonchev–Trinajstić information content (AvgIpc) is 2.41. The smallest absolute Gasteiger partial charge is 0.225 e. The highest BCUT2D eigenvalue weighted by atomic mass is 35.5. The molecule has 1 N–H and O–H groups in total. The van der Waals surface area contributed by atoms with Crippen LogP contribution in [0.3, 0.4) is 0 Å². The van der Waals surface area contributed by atoms with E-state index in [0.29, 0.717) is 6.54 Å². The highest BCUT2D eigenvalue weighted by Crippen LogP contribution is 2.25. The summed E-state index contributed by atoms with van der Waals surface area (Å²) < 4.78 is 13.2. The maximum absolute atomic E-state index is 13.2. The van der Waals surface area contributed by atoms with E-state index in [1.165, 1.54) is 6.07 Å². The molecule has 1 heterocycles. The number of nitrogens with zero attached hydrogens (tertiary/aromatic N) is 1. The van der Waals surface area contributed by atoms with Crippen molar-refractivity contribution in [3.63, 3.8) is 0 Å². The van der Waals surface area contributed by atoms with Crippen molar-refractivity contribution < 1.29 is 9.18 Å². The van der Waals surface area contributed by atoms with Gasteiger partial charge >= 0.3 is 0 Å². The van der Waals surface area contributed by atoms with Gasteiger partial charge in [-0.1, -0.05) is 31.5 Å². The van der Waals surface area contributed by atoms with Crippen LogP contribution >= 0.6 is 11.6 Å². The summed E-state index contributed by atoms with van der Waals surface area (Å²) in [4.78, 5) is 14.1. The molecule has 1 aliphatic heterocycles. The van der Waals surface area contributed by atoms with Crippen molar-refractivity contribution in [2.24, 2.45) is 5.92 Å². The molecule has 0 radical (unpaired) electrons. The molecule has 2 rings (SSSR count). The van der Waals surface area contributed by atoms with E-state index in [0.717, 1.165) is 12.1 Å². The molecule has 20 heavy (non-hydrogen) atoms. The Morgan fingerprint density at radius 3 is 2.80 bits per heavy atom. The van der Waals surface area contributed by atoms with E-state index in [9.17, 15) is 9.18 Å². The van der Waals surface area contributed by atoms with Gasteiger partial charge in [-0.15, -0.1) is 0 Å². The molecular weight excluding hydrogens is 279 g/mol. The van der Waals surface area contributed by atoms with Gasteiger partial charge in [-0.05, 0) is 24.6 Å². The zero-order valence-corrected chi connectivity index (χ0v) is 12.7. The molecule has 0 spiro atoms. The van der Waals surface area contributed by atoms with Crippen LogP contribution in [0.2, 0.25) is 5.02 Å². The summed E-state index contributed by atoms with van der Waals surface area (Å²) in [6.07, 6.45) is 0. The molecular formula is C15H20ClFN2O. The number of carbonyl (C=O) groups is 1. The molecule has 5 heteroatoms. The Morgan fingerprint density at radius 2 is 2.20 bits per heavy atom. The normalized spacial score (nSPS) is 23.2. The van der Waals surface area contributed by atoms with E-state index in [2.05, 4.69) is 5.32 Å². The molecule has 0 saturated carbocycles. The van der Waals surface area contributed by atoms with Crippen LogP contribution in [0.4, 0.5) is 4.39 Å². The molecule has 0 unspecified atom stereocenters. The monoisotopic (exact) mass is 298 g/mol. The van der Waals surface area contributed by atoms with Gasteiger partial charge in [-0.2, -0.15) is 0 Å². The summed E-state index contributed by atoms with van der Waals surface area (Å²) in [5, 5.41) is 3.50. The predicted molar refractivity (Wildman–Crippen MR) is 78.2 cm³/mol. The van der Waals surface area contributed by atoms with Gasteiger partial charge in [0.05, 0.1) is 11.1 Å². The van der Waals surface area contributed by atoms with E-state index in [1.807, 2.05) is 25.7 Å². The molecule has 110 valence electrons. The van der Waals surface area contributed by atoms with Crippen LogP contribution in [-0.2, 0) is 4.79 Å². The van der Waals surface area contributed by atoms with E-state index < -0.39 is 5.82 Å². The number of piperazine rings is 1. The number of carbonyl (C=O) groups excluding carboxylic acids is 1. The quantitative estimate of drug-likeness (QED) is 0.910. The first-order valence-corrected chi connectivity index (χ1v) is 7.26. The third kappa shape index (κ3) is 3.13. The number of nitrogens with one attached hydrogen (secondary N) is 1. The second kappa shape index (κ2) is 6.10. The Hall–Kier alpha value is -1.13. The second-order valence-corrected chi connectivity index (χ2v) is 6.04. The summed E-state index contributed by atoms with van der Waals surface area (Å²) in [7, 11) is 0. The molecule has 3 nitrogen and oxygen atoms in total. The van der Waals surface area contributed by atoms with Gasteiger partial charge < -0.3 is 10.2 Å². The van der Waals surface area contributed by atoms with Gasteiger partial charge in [0.15, 0.2) is 0 Å². The molecule has 0 aliphatic carbocycles. The molecule has 1 amide bonds. The minimum atomic E-state index is -0.422. The summed E-state index contributed by atoms with van der Waals surface area (Å²) in [5.74, 6) is -0.292. The molecule has 2 atom stereocenters.